The van der Waals surface area contributed by atoms with Gasteiger partial charge in [-0.25, -0.2) is 0 Å². The second-order valence-electron chi connectivity index (χ2n) is 5.95. The lowest BCUT2D eigenvalue weighted by atomic mass is 9.94. The molecule has 0 saturated carbocycles. The van der Waals surface area contributed by atoms with Crippen LogP contribution in [0.15, 0.2) is 0 Å². The van der Waals surface area contributed by atoms with E-state index in [-0.39, 0.29) is 18.4 Å². The van der Waals surface area contributed by atoms with Crippen molar-refractivity contribution in [2.45, 2.75) is 71.8 Å². The van der Waals surface area contributed by atoms with Gasteiger partial charge in [-0.3, -0.25) is 9.59 Å². The summed E-state index contributed by atoms with van der Waals surface area (Å²) >= 11 is 0. The minimum Gasteiger partial charge on any atom is -0.481 e. The Balaban J connectivity index is 4.29. The topological polar surface area (TPSA) is 83.6 Å². The zero-order valence-corrected chi connectivity index (χ0v) is 13.8. The molecule has 0 aromatic carbocycles. The van der Waals surface area contributed by atoms with Crippen LogP contribution in [0.5, 0.6) is 0 Å². The molecule has 0 bridgehead atoms. The van der Waals surface area contributed by atoms with Crippen LogP contribution in [0.25, 0.3) is 0 Å². The number of rotatable bonds is 12. The van der Waals surface area contributed by atoms with Crippen LogP contribution in [0.2, 0.25) is 0 Å². The van der Waals surface area contributed by atoms with E-state index in [9.17, 15) is 9.59 Å². The van der Waals surface area contributed by atoms with Crippen LogP contribution in [-0.2, 0) is 9.59 Å². The lowest BCUT2D eigenvalue weighted by Crippen LogP contribution is -2.38. The number of hydrogen-bond acceptors (Lipinski definition) is 3. The van der Waals surface area contributed by atoms with Crippen LogP contribution < -0.4 is 5.73 Å². The summed E-state index contributed by atoms with van der Waals surface area (Å²) in [5.74, 6) is -0.150. The SMILES string of the molecule is CCCC(CCN)CCC(=O)N(CCCC(=O)O)C(C)C. The first kappa shape index (κ1) is 19.9. The summed E-state index contributed by atoms with van der Waals surface area (Å²) in [5, 5.41) is 8.68. The maximum Gasteiger partial charge on any atom is 0.303 e. The third-order valence-corrected chi connectivity index (χ3v) is 3.77. The molecule has 3 N–H and O–H groups in total. The van der Waals surface area contributed by atoms with E-state index in [1.165, 1.54) is 0 Å². The zero-order valence-electron chi connectivity index (χ0n) is 13.8. The second kappa shape index (κ2) is 11.5. The van der Waals surface area contributed by atoms with E-state index in [4.69, 9.17) is 10.8 Å². The Hall–Kier alpha value is -1.10. The monoisotopic (exact) mass is 300 g/mol. The molecule has 0 saturated heterocycles. The standard InChI is InChI=1S/C16H32N2O3/c1-4-6-14(10-11-17)8-9-15(19)18(13(2)3)12-5-7-16(20)21/h13-14H,4-12,17H2,1-3H3,(H,20,21). The van der Waals surface area contributed by atoms with Gasteiger partial charge in [0.1, 0.15) is 0 Å². The largest absolute Gasteiger partial charge is 0.481 e. The number of hydrogen-bond donors (Lipinski definition) is 2. The van der Waals surface area contributed by atoms with E-state index >= 15 is 0 Å². The number of nitrogens with zero attached hydrogens (tertiary/aromatic N) is 1. The molecule has 0 aromatic heterocycles. The fourth-order valence-corrected chi connectivity index (χ4v) is 2.62. The lowest BCUT2D eigenvalue weighted by Gasteiger charge is -2.27. The van der Waals surface area contributed by atoms with Crippen molar-refractivity contribution < 1.29 is 14.7 Å². The molecule has 124 valence electrons. The Morgan fingerprint density at radius 1 is 1.14 bits per heavy atom. The molecule has 1 atom stereocenters. The van der Waals surface area contributed by atoms with Crippen LogP contribution in [-0.4, -0.2) is 41.0 Å². The summed E-state index contributed by atoms with van der Waals surface area (Å²) in [7, 11) is 0. The van der Waals surface area contributed by atoms with Crippen molar-refractivity contribution in [2.75, 3.05) is 13.1 Å². The van der Waals surface area contributed by atoms with Gasteiger partial charge in [-0.15, -0.1) is 0 Å². The van der Waals surface area contributed by atoms with Gasteiger partial charge in [-0.2, -0.15) is 0 Å². The average molecular weight is 300 g/mol. The number of carbonyl (C=O) groups excluding carboxylic acids is 1. The second-order valence-corrected chi connectivity index (χ2v) is 5.95. The predicted octanol–water partition coefficient (Wildman–Crippen LogP) is 2.63. The van der Waals surface area contributed by atoms with E-state index in [0.29, 0.717) is 31.8 Å². The normalized spacial score (nSPS) is 12.4. The number of aliphatic carboxylic acids is 1. The van der Waals surface area contributed by atoms with Gasteiger partial charge < -0.3 is 15.7 Å². The van der Waals surface area contributed by atoms with Gasteiger partial charge >= 0.3 is 5.97 Å². The van der Waals surface area contributed by atoms with Crippen molar-refractivity contribution in [3.8, 4) is 0 Å². The molecule has 0 aliphatic carbocycles. The maximum absolute atomic E-state index is 12.3. The Labute approximate surface area is 128 Å². The molecule has 0 aliphatic heterocycles. The molecule has 0 aliphatic rings. The Kier molecular flexibility index (Phi) is 10.9. The zero-order chi connectivity index (χ0) is 16.3. The Bertz CT molecular complexity index is 300. The highest BCUT2D eigenvalue weighted by Gasteiger charge is 2.18. The summed E-state index contributed by atoms with van der Waals surface area (Å²) in [5.41, 5.74) is 5.62. The van der Waals surface area contributed by atoms with E-state index in [2.05, 4.69) is 6.92 Å². The molecule has 1 amide bonds. The smallest absolute Gasteiger partial charge is 0.303 e. The molecular formula is C16H32N2O3. The predicted molar refractivity (Wildman–Crippen MR) is 85.0 cm³/mol. The van der Waals surface area contributed by atoms with E-state index in [1.807, 2.05) is 13.8 Å². The van der Waals surface area contributed by atoms with Crippen molar-refractivity contribution in [3.63, 3.8) is 0 Å². The molecule has 0 aromatic rings. The molecule has 21 heavy (non-hydrogen) atoms. The quantitative estimate of drug-likeness (QED) is 0.580. The van der Waals surface area contributed by atoms with Gasteiger partial charge in [0.15, 0.2) is 0 Å². The number of carboxylic acid groups (broad SMARTS) is 1. The van der Waals surface area contributed by atoms with E-state index in [1.54, 1.807) is 4.90 Å². The molecular weight excluding hydrogens is 268 g/mol. The Morgan fingerprint density at radius 3 is 2.29 bits per heavy atom. The summed E-state index contributed by atoms with van der Waals surface area (Å²) in [6.45, 7) is 7.30. The van der Waals surface area contributed by atoms with Crippen LogP contribution >= 0.6 is 0 Å². The average Bonchev–Trinajstić information content (AvgIpc) is 2.40. The van der Waals surface area contributed by atoms with Gasteiger partial charge in [0.25, 0.3) is 0 Å². The molecule has 0 fully saturated rings. The highest BCUT2D eigenvalue weighted by atomic mass is 16.4. The van der Waals surface area contributed by atoms with Crippen LogP contribution in [0, 0.1) is 5.92 Å². The van der Waals surface area contributed by atoms with E-state index in [0.717, 1.165) is 25.7 Å². The van der Waals surface area contributed by atoms with Crippen molar-refractivity contribution in [3.05, 3.63) is 0 Å². The summed E-state index contributed by atoms with van der Waals surface area (Å²) in [6.07, 6.45) is 5.25. The molecule has 5 heteroatoms. The minimum absolute atomic E-state index is 0.113. The van der Waals surface area contributed by atoms with Gasteiger partial charge in [0, 0.05) is 25.4 Å². The number of amides is 1. The van der Waals surface area contributed by atoms with Crippen molar-refractivity contribution in [1.29, 1.82) is 0 Å². The first-order valence-electron chi connectivity index (χ1n) is 8.13. The third kappa shape index (κ3) is 9.45. The molecule has 0 heterocycles. The number of carboxylic acids is 1. The molecule has 1 unspecified atom stereocenters. The van der Waals surface area contributed by atoms with Crippen LogP contribution in [0.3, 0.4) is 0 Å². The summed E-state index contributed by atoms with van der Waals surface area (Å²) in [6, 6.07) is 0.116. The van der Waals surface area contributed by atoms with E-state index < -0.39 is 5.97 Å². The van der Waals surface area contributed by atoms with Crippen molar-refractivity contribution >= 4 is 11.9 Å². The minimum atomic E-state index is -0.808. The lowest BCUT2D eigenvalue weighted by molar-refractivity contribution is -0.138. The van der Waals surface area contributed by atoms with Gasteiger partial charge in [-0.1, -0.05) is 19.8 Å². The van der Waals surface area contributed by atoms with Crippen molar-refractivity contribution in [1.82, 2.24) is 4.90 Å². The van der Waals surface area contributed by atoms with Crippen LogP contribution in [0.4, 0.5) is 0 Å². The first-order valence-corrected chi connectivity index (χ1v) is 8.13. The molecule has 5 nitrogen and oxygen atoms in total. The maximum atomic E-state index is 12.3. The molecule has 0 spiro atoms. The highest BCUT2D eigenvalue weighted by molar-refractivity contribution is 5.76. The van der Waals surface area contributed by atoms with Crippen LogP contribution in [0.1, 0.15) is 65.7 Å². The highest BCUT2D eigenvalue weighted by Crippen LogP contribution is 2.18. The van der Waals surface area contributed by atoms with Crippen molar-refractivity contribution in [2.24, 2.45) is 11.7 Å². The third-order valence-electron chi connectivity index (χ3n) is 3.77. The van der Waals surface area contributed by atoms with Gasteiger partial charge in [-0.05, 0) is 45.6 Å². The first-order chi connectivity index (χ1) is 9.92. The summed E-state index contributed by atoms with van der Waals surface area (Å²) < 4.78 is 0. The summed E-state index contributed by atoms with van der Waals surface area (Å²) in [4.78, 5) is 24.7. The fraction of sp³-hybridized carbons (Fsp3) is 0.875. The molecule has 0 rings (SSSR count). The Morgan fingerprint density at radius 2 is 1.81 bits per heavy atom. The molecule has 0 radical (unpaired) electrons. The number of nitrogens with two attached hydrogens (primary N) is 1. The van der Waals surface area contributed by atoms with Gasteiger partial charge in [0.2, 0.25) is 5.91 Å². The fourth-order valence-electron chi connectivity index (χ4n) is 2.62. The van der Waals surface area contributed by atoms with Gasteiger partial charge in [0.05, 0.1) is 0 Å². The number of carbonyl (C=O) groups is 2.